The van der Waals surface area contributed by atoms with Gasteiger partial charge in [0, 0.05) is 6.92 Å². The number of phosphoric acid groups is 1. The van der Waals surface area contributed by atoms with Gasteiger partial charge in [-0.05, 0) is 20.8 Å². The van der Waals surface area contributed by atoms with Crippen LogP contribution in [0.3, 0.4) is 0 Å². The fourth-order valence-electron chi connectivity index (χ4n) is 0.586. The minimum Gasteiger partial charge on any atom is -0.481 e. The minimum absolute atomic E-state index is 0.331. The lowest BCUT2D eigenvalue weighted by Gasteiger charge is -2.14. The van der Waals surface area contributed by atoms with Gasteiger partial charge in [-0.2, -0.15) is 0 Å². The van der Waals surface area contributed by atoms with Crippen LogP contribution in [0.1, 0.15) is 27.7 Å². The molecular formula is C8H19O6P. The molecule has 92 valence electrons. The number of carbonyl (C=O) groups is 1. The number of phosphoric ester groups is 1. The predicted molar refractivity (Wildman–Crippen MR) is 55.8 cm³/mol. The number of aliphatic carboxylic acids is 1. The molecule has 0 aliphatic heterocycles. The number of carboxylic acid groups (broad SMARTS) is 1. The zero-order valence-electron chi connectivity index (χ0n) is 9.56. The average molecular weight is 242 g/mol. The third kappa shape index (κ3) is 13.6. The van der Waals surface area contributed by atoms with E-state index in [4.69, 9.17) is 23.5 Å². The molecule has 0 bridgehead atoms. The van der Waals surface area contributed by atoms with Crippen molar-refractivity contribution in [2.75, 3.05) is 19.8 Å². The molecule has 0 saturated carbocycles. The second-order valence-corrected chi connectivity index (χ2v) is 3.89. The van der Waals surface area contributed by atoms with Crippen molar-refractivity contribution in [3.63, 3.8) is 0 Å². The third-order valence-electron chi connectivity index (χ3n) is 0.862. The van der Waals surface area contributed by atoms with Gasteiger partial charge in [0.05, 0.1) is 19.8 Å². The lowest BCUT2D eigenvalue weighted by molar-refractivity contribution is -0.134. The molecule has 0 rings (SSSR count). The van der Waals surface area contributed by atoms with Gasteiger partial charge in [-0.15, -0.1) is 0 Å². The van der Waals surface area contributed by atoms with Crippen molar-refractivity contribution in [1.29, 1.82) is 0 Å². The van der Waals surface area contributed by atoms with Crippen molar-refractivity contribution in [2.45, 2.75) is 27.7 Å². The molecule has 0 heterocycles. The van der Waals surface area contributed by atoms with Crippen LogP contribution in [0.5, 0.6) is 0 Å². The molecule has 1 N–H and O–H groups in total. The monoisotopic (exact) mass is 242 g/mol. The fraction of sp³-hybridized carbons (Fsp3) is 0.875. The van der Waals surface area contributed by atoms with Crippen molar-refractivity contribution in [1.82, 2.24) is 0 Å². The number of rotatable bonds is 6. The van der Waals surface area contributed by atoms with E-state index in [9.17, 15) is 4.57 Å². The molecule has 0 saturated heterocycles. The van der Waals surface area contributed by atoms with E-state index in [1.807, 2.05) is 0 Å². The van der Waals surface area contributed by atoms with E-state index in [0.717, 1.165) is 6.92 Å². The zero-order valence-corrected chi connectivity index (χ0v) is 10.5. The van der Waals surface area contributed by atoms with Crippen LogP contribution >= 0.6 is 7.82 Å². The molecule has 6 nitrogen and oxygen atoms in total. The summed E-state index contributed by atoms with van der Waals surface area (Å²) in [4.78, 5) is 9.00. The molecule has 0 aromatic rings. The van der Waals surface area contributed by atoms with Crippen LogP contribution in [0.15, 0.2) is 0 Å². The first-order valence-electron chi connectivity index (χ1n) is 4.65. The van der Waals surface area contributed by atoms with Gasteiger partial charge in [0.25, 0.3) is 5.97 Å². The van der Waals surface area contributed by atoms with E-state index in [-0.39, 0.29) is 0 Å². The molecule has 0 aromatic heterocycles. The van der Waals surface area contributed by atoms with Gasteiger partial charge in [0.1, 0.15) is 0 Å². The average Bonchev–Trinajstić information content (AvgIpc) is 2.03. The molecule has 0 aliphatic carbocycles. The van der Waals surface area contributed by atoms with Crippen LogP contribution in [0.25, 0.3) is 0 Å². The second-order valence-electron chi connectivity index (χ2n) is 2.22. The van der Waals surface area contributed by atoms with E-state index >= 15 is 0 Å². The fourth-order valence-corrected chi connectivity index (χ4v) is 1.76. The van der Waals surface area contributed by atoms with Crippen LogP contribution in [-0.4, -0.2) is 30.9 Å². The van der Waals surface area contributed by atoms with E-state index in [2.05, 4.69) is 0 Å². The Morgan fingerprint density at radius 1 is 1.07 bits per heavy atom. The summed E-state index contributed by atoms with van der Waals surface area (Å²) in [5.74, 6) is -0.833. The van der Waals surface area contributed by atoms with Crippen molar-refractivity contribution < 1.29 is 28.0 Å². The Labute approximate surface area is 90.1 Å². The van der Waals surface area contributed by atoms with Crippen molar-refractivity contribution in [3.8, 4) is 0 Å². The quantitative estimate of drug-likeness (QED) is 0.719. The van der Waals surface area contributed by atoms with Crippen LogP contribution < -0.4 is 0 Å². The van der Waals surface area contributed by atoms with Crippen LogP contribution in [0.4, 0.5) is 0 Å². The minimum atomic E-state index is -3.22. The molecule has 0 aromatic carbocycles. The molecule has 7 heteroatoms. The second kappa shape index (κ2) is 10.1. The summed E-state index contributed by atoms with van der Waals surface area (Å²) in [6.45, 7) is 7.30. The van der Waals surface area contributed by atoms with Gasteiger partial charge < -0.3 is 5.11 Å². The zero-order chi connectivity index (χ0) is 12.3. The molecule has 0 amide bonds. The lowest BCUT2D eigenvalue weighted by atomic mass is 10.9. The summed E-state index contributed by atoms with van der Waals surface area (Å²) in [6.07, 6.45) is 0. The maximum absolute atomic E-state index is 11.3. The first kappa shape index (κ1) is 17.0. The molecule has 15 heavy (non-hydrogen) atoms. The molecule has 0 unspecified atom stereocenters. The summed E-state index contributed by atoms with van der Waals surface area (Å²) < 4.78 is 25.8. The molecule has 0 fully saturated rings. The summed E-state index contributed by atoms with van der Waals surface area (Å²) in [5, 5.41) is 7.42. The number of carboxylic acids is 1. The van der Waals surface area contributed by atoms with Crippen LogP contribution in [0.2, 0.25) is 0 Å². The first-order valence-corrected chi connectivity index (χ1v) is 6.11. The maximum Gasteiger partial charge on any atom is 0.474 e. The van der Waals surface area contributed by atoms with Gasteiger partial charge in [0.2, 0.25) is 0 Å². The van der Waals surface area contributed by atoms with E-state index in [0.29, 0.717) is 19.8 Å². The Bertz CT molecular complexity index is 178. The van der Waals surface area contributed by atoms with Crippen LogP contribution in [-0.2, 0) is 22.9 Å². The van der Waals surface area contributed by atoms with Gasteiger partial charge in [-0.1, -0.05) is 0 Å². The highest BCUT2D eigenvalue weighted by Crippen LogP contribution is 2.48. The highest BCUT2D eigenvalue weighted by molar-refractivity contribution is 7.48. The van der Waals surface area contributed by atoms with Gasteiger partial charge in [-0.3, -0.25) is 18.4 Å². The van der Waals surface area contributed by atoms with Crippen LogP contribution in [0, 0.1) is 0 Å². The Morgan fingerprint density at radius 3 is 1.40 bits per heavy atom. The molecule has 0 radical (unpaired) electrons. The standard InChI is InChI=1S/C6H15O4P.C2H4O2/c1-4-8-11(7,9-5-2)10-6-3;1-2(3)4/h4-6H2,1-3H3;1H3,(H,3,4). The van der Waals surface area contributed by atoms with Crippen molar-refractivity contribution in [3.05, 3.63) is 0 Å². The lowest BCUT2D eigenvalue weighted by Crippen LogP contribution is -1.99. The number of hydrogen-bond acceptors (Lipinski definition) is 5. The van der Waals surface area contributed by atoms with E-state index < -0.39 is 13.8 Å². The van der Waals surface area contributed by atoms with E-state index in [1.165, 1.54) is 0 Å². The SMILES string of the molecule is CC(=O)O.CCOP(=O)(OCC)OCC. The van der Waals surface area contributed by atoms with E-state index in [1.54, 1.807) is 20.8 Å². The number of hydrogen-bond donors (Lipinski definition) is 1. The Hall–Kier alpha value is -0.420. The molecule has 0 spiro atoms. The topological polar surface area (TPSA) is 82.1 Å². The predicted octanol–water partition coefficient (Wildman–Crippen LogP) is 2.29. The summed E-state index contributed by atoms with van der Waals surface area (Å²) in [5.41, 5.74) is 0. The largest absolute Gasteiger partial charge is 0.481 e. The Kier molecular flexibility index (Phi) is 11.5. The normalized spacial score (nSPS) is 10.4. The first-order chi connectivity index (χ1) is 6.91. The van der Waals surface area contributed by atoms with Crippen molar-refractivity contribution >= 4 is 13.8 Å². The Morgan fingerprint density at radius 2 is 1.27 bits per heavy atom. The molecule has 0 aliphatic rings. The summed E-state index contributed by atoms with van der Waals surface area (Å²) >= 11 is 0. The van der Waals surface area contributed by atoms with Gasteiger partial charge in [-0.25, -0.2) is 4.57 Å². The maximum atomic E-state index is 11.3. The van der Waals surface area contributed by atoms with Crippen molar-refractivity contribution in [2.24, 2.45) is 0 Å². The smallest absolute Gasteiger partial charge is 0.474 e. The summed E-state index contributed by atoms with van der Waals surface area (Å²) in [7, 11) is -3.22. The highest BCUT2D eigenvalue weighted by Gasteiger charge is 2.23. The summed E-state index contributed by atoms with van der Waals surface area (Å²) in [6, 6.07) is 0. The third-order valence-corrected chi connectivity index (χ3v) is 2.58. The molecular weight excluding hydrogens is 223 g/mol. The Balaban J connectivity index is 0. The van der Waals surface area contributed by atoms with Gasteiger partial charge >= 0.3 is 7.82 Å². The molecule has 0 atom stereocenters. The highest BCUT2D eigenvalue weighted by atomic mass is 31.2. The van der Waals surface area contributed by atoms with Gasteiger partial charge in [0.15, 0.2) is 0 Å².